The average molecular weight is 266 g/mol. The van der Waals surface area contributed by atoms with Gasteiger partial charge in [-0.15, -0.1) is 0 Å². The third-order valence-electron chi connectivity index (χ3n) is 5.51. The van der Waals surface area contributed by atoms with E-state index in [4.69, 9.17) is 4.74 Å². The number of hydrogen-bond acceptors (Lipinski definition) is 1. The summed E-state index contributed by atoms with van der Waals surface area (Å²) in [5.74, 6) is 0. The molecule has 2 aliphatic carbocycles. The molecular formula is C20H10O. The van der Waals surface area contributed by atoms with Crippen LogP contribution in [0.5, 0.6) is 0 Å². The van der Waals surface area contributed by atoms with E-state index in [9.17, 15) is 0 Å². The first-order chi connectivity index (χ1) is 10.4. The van der Waals surface area contributed by atoms with Crippen LogP contribution in [0.3, 0.4) is 0 Å². The molecule has 0 spiro atoms. The molecule has 1 fully saturated rings. The SMILES string of the molecule is C1=Cc2cc3cccc4cc5c6c(cc1c2c6c34)[C@H]1O[C@@H]51. The monoisotopic (exact) mass is 266 g/mol. The molecule has 0 bridgehead atoms. The lowest BCUT2D eigenvalue weighted by Gasteiger charge is -2.16. The van der Waals surface area contributed by atoms with E-state index in [2.05, 4.69) is 48.6 Å². The summed E-state index contributed by atoms with van der Waals surface area (Å²) in [7, 11) is 0. The van der Waals surface area contributed by atoms with Crippen molar-refractivity contribution in [3.8, 4) is 0 Å². The van der Waals surface area contributed by atoms with Gasteiger partial charge in [0, 0.05) is 0 Å². The molecule has 0 amide bonds. The van der Waals surface area contributed by atoms with E-state index >= 15 is 0 Å². The molecular weight excluding hydrogens is 256 g/mol. The molecule has 4 aromatic rings. The molecule has 0 aromatic heterocycles. The molecule has 2 atom stereocenters. The van der Waals surface area contributed by atoms with Gasteiger partial charge in [0.25, 0.3) is 0 Å². The Morgan fingerprint density at radius 1 is 0.667 bits per heavy atom. The van der Waals surface area contributed by atoms with Crippen LogP contribution in [-0.4, -0.2) is 0 Å². The first-order valence-corrected chi connectivity index (χ1v) is 7.52. The third-order valence-corrected chi connectivity index (χ3v) is 5.51. The number of fused-ring (bicyclic) bond motifs is 3. The third kappa shape index (κ3) is 0.862. The van der Waals surface area contributed by atoms with Gasteiger partial charge in [0.15, 0.2) is 0 Å². The number of benzene rings is 4. The van der Waals surface area contributed by atoms with Crippen LogP contribution in [-0.2, 0) is 4.74 Å². The van der Waals surface area contributed by atoms with Gasteiger partial charge in [-0.2, -0.15) is 0 Å². The van der Waals surface area contributed by atoms with Crippen LogP contribution in [0.25, 0.3) is 44.5 Å². The van der Waals surface area contributed by atoms with E-state index in [1.165, 1.54) is 54.6 Å². The molecule has 96 valence electrons. The Kier molecular flexibility index (Phi) is 1.22. The second-order valence-corrected chi connectivity index (χ2v) is 6.50. The highest BCUT2D eigenvalue weighted by Crippen LogP contribution is 2.63. The van der Waals surface area contributed by atoms with Gasteiger partial charge in [0.1, 0.15) is 12.2 Å². The van der Waals surface area contributed by atoms with Crippen molar-refractivity contribution < 1.29 is 4.74 Å². The summed E-state index contributed by atoms with van der Waals surface area (Å²) in [6, 6.07) is 13.7. The average Bonchev–Trinajstić information content (AvgIpc) is 3.12. The summed E-state index contributed by atoms with van der Waals surface area (Å²) in [5, 5.41) is 8.54. The minimum absolute atomic E-state index is 0.314. The molecule has 7 rings (SSSR count). The van der Waals surface area contributed by atoms with Crippen LogP contribution in [0.1, 0.15) is 34.5 Å². The normalized spacial score (nSPS) is 23.8. The Morgan fingerprint density at radius 3 is 2.24 bits per heavy atom. The summed E-state index contributed by atoms with van der Waals surface area (Å²) >= 11 is 0. The maximum atomic E-state index is 5.88. The standard InChI is InChI=1S/C20H10O/c1-2-9-6-11-4-5-12-8-14-17-13(19-20(14)21-19)7-10(3-1)15(9)18(17)16(11)12/h1-8,19-20H/t19-,20+/m0/s1. The van der Waals surface area contributed by atoms with Crippen molar-refractivity contribution in [2.24, 2.45) is 0 Å². The highest BCUT2D eigenvalue weighted by Gasteiger charge is 2.49. The van der Waals surface area contributed by atoms with Crippen molar-refractivity contribution in [2.45, 2.75) is 12.2 Å². The number of rotatable bonds is 0. The molecule has 1 nitrogen and oxygen atoms in total. The van der Waals surface area contributed by atoms with Gasteiger partial charge >= 0.3 is 0 Å². The topological polar surface area (TPSA) is 12.5 Å². The molecule has 21 heavy (non-hydrogen) atoms. The van der Waals surface area contributed by atoms with Gasteiger partial charge in [-0.05, 0) is 72.8 Å². The van der Waals surface area contributed by atoms with Crippen LogP contribution in [0.15, 0.2) is 36.4 Å². The Bertz CT molecular complexity index is 1170. The maximum Gasteiger partial charge on any atom is 0.114 e. The van der Waals surface area contributed by atoms with Crippen LogP contribution >= 0.6 is 0 Å². The Labute approximate surface area is 120 Å². The minimum atomic E-state index is 0.314. The first kappa shape index (κ1) is 9.54. The quantitative estimate of drug-likeness (QED) is 0.277. The fourth-order valence-corrected chi connectivity index (χ4v) is 4.67. The summed E-state index contributed by atoms with van der Waals surface area (Å²) in [4.78, 5) is 0. The van der Waals surface area contributed by atoms with Crippen LogP contribution in [0.2, 0.25) is 0 Å². The molecule has 4 aromatic carbocycles. The second-order valence-electron chi connectivity index (χ2n) is 6.50. The van der Waals surface area contributed by atoms with Gasteiger partial charge < -0.3 is 4.74 Å². The lowest BCUT2D eigenvalue weighted by Crippen LogP contribution is -1.92. The summed E-state index contributed by atoms with van der Waals surface area (Å²) in [5.41, 5.74) is 5.56. The molecule has 1 heteroatoms. The molecule has 1 aliphatic heterocycles. The van der Waals surface area contributed by atoms with Gasteiger partial charge in [0.05, 0.1) is 0 Å². The molecule has 0 saturated carbocycles. The van der Waals surface area contributed by atoms with Crippen LogP contribution < -0.4 is 0 Å². The number of hydrogen-bond donors (Lipinski definition) is 0. The fraction of sp³-hybridized carbons (Fsp3) is 0.100. The Morgan fingerprint density at radius 2 is 1.38 bits per heavy atom. The summed E-state index contributed by atoms with van der Waals surface area (Å²) in [6.45, 7) is 0. The summed E-state index contributed by atoms with van der Waals surface area (Å²) in [6.07, 6.45) is 5.15. The smallest absolute Gasteiger partial charge is 0.114 e. The lowest BCUT2D eigenvalue weighted by atomic mass is 9.88. The lowest BCUT2D eigenvalue weighted by molar-refractivity contribution is 0.374. The minimum Gasteiger partial charge on any atom is -0.359 e. The van der Waals surface area contributed by atoms with Gasteiger partial charge in [-0.3, -0.25) is 0 Å². The zero-order chi connectivity index (χ0) is 13.3. The van der Waals surface area contributed by atoms with Crippen molar-refractivity contribution in [3.63, 3.8) is 0 Å². The second kappa shape index (κ2) is 2.68. The van der Waals surface area contributed by atoms with Gasteiger partial charge in [-0.1, -0.05) is 30.4 Å². The van der Waals surface area contributed by atoms with E-state index in [1.807, 2.05) is 0 Å². The van der Waals surface area contributed by atoms with Gasteiger partial charge in [0.2, 0.25) is 0 Å². The molecule has 0 unspecified atom stereocenters. The van der Waals surface area contributed by atoms with Crippen molar-refractivity contribution >= 4 is 44.5 Å². The van der Waals surface area contributed by atoms with E-state index in [1.54, 1.807) is 0 Å². The maximum absolute atomic E-state index is 5.88. The summed E-state index contributed by atoms with van der Waals surface area (Å²) < 4.78 is 5.88. The van der Waals surface area contributed by atoms with E-state index in [0.717, 1.165) is 0 Å². The predicted octanol–water partition coefficient (Wildman–Crippen LogP) is 5.19. The van der Waals surface area contributed by atoms with Crippen molar-refractivity contribution in [1.29, 1.82) is 0 Å². The van der Waals surface area contributed by atoms with Crippen molar-refractivity contribution in [2.75, 3.05) is 0 Å². The Hall–Kier alpha value is -2.38. The highest BCUT2D eigenvalue weighted by atomic mass is 16.6. The Balaban J connectivity index is 1.96. The molecule has 1 heterocycles. The van der Waals surface area contributed by atoms with E-state index in [0.29, 0.717) is 12.2 Å². The van der Waals surface area contributed by atoms with Crippen LogP contribution in [0, 0.1) is 0 Å². The molecule has 0 N–H and O–H groups in total. The molecule has 1 saturated heterocycles. The first-order valence-electron chi connectivity index (χ1n) is 7.52. The largest absolute Gasteiger partial charge is 0.359 e. The van der Waals surface area contributed by atoms with Crippen molar-refractivity contribution in [3.05, 3.63) is 58.7 Å². The molecule has 3 aliphatic rings. The van der Waals surface area contributed by atoms with Gasteiger partial charge in [-0.25, -0.2) is 0 Å². The number of epoxide rings is 1. The van der Waals surface area contributed by atoms with E-state index in [-0.39, 0.29) is 0 Å². The van der Waals surface area contributed by atoms with E-state index < -0.39 is 0 Å². The fourth-order valence-electron chi connectivity index (χ4n) is 4.67. The zero-order valence-corrected chi connectivity index (χ0v) is 11.2. The molecule has 0 radical (unpaired) electrons. The van der Waals surface area contributed by atoms with Crippen LogP contribution in [0.4, 0.5) is 0 Å². The zero-order valence-electron chi connectivity index (χ0n) is 11.2. The van der Waals surface area contributed by atoms with Crippen molar-refractivity contribution in [1.82, 2.24) is 0 Å². The highest BCUT2D eigenvalue weighted by molar-refractivity contribution is 6.29. The number of ether oxygens (including phenoxy) is 1. The predicted molar refractivity (Wildman–Crippen MR) is 85.6 cm³/mol.